The minimum absolute atomic E-state index is 0.0611. The molecule has 0 radical (unpaired) electrons. The van der Waals surface area contributed by atoms with Crippen LogP contribution in [0.4, 0.5) is 0 Å². The second-order valence-electron chi connectivity index (χ2n) is 6.66. The number of hydrogen-bond donors (Lipinski definition) is 1. The van der Waals surface area contributed by atoms with Gasteiger partial charge in [-0.25, -0.2) is 4.79 Å². The number of carbonyl (C=O) groups excluding carboxylic acids is 2. The maximum atomic E-state index is 12.5. The molecule has 1 aliphatic rings. The van der Waals surface area contributed by atoms with E-state index in [0.717, 1.165) is 12.0 Å². The maximum Gasteiger partial charge on any atom is 0.328 e. The highest BCUT2D eigenvalue weighted by molar-refractivity contribution is 5.85. The molecule has 1 N–H and O–H groups in total. The van der Waals surface area contributed by atoms with Gasteiger partial charge in [0, 0.05) is 24.7 Å². The van der Waals surface area contributed by atoms with Gasteiger partial charge in [0.15, 0.2) is 0 Å². The molecule has 132 valence electrons. The topological polar surface area (TPSA) is 68.3 Å². The molecule has 1 aromatic heterocycles. The number of nitrogens with zero attached hydrogens (tertiary/aromatic N) is 1. The number of aromatic nitrogens is 1. The summed E-state index contributed by atoms with van der Waals surface area (Å²) in [5, 5.41) is 2.89. The highest BCUT2D eigenvalue weighted by Gasteiger charge is 2.27. The van der Waals surface area contributed by atoms with Crippen LogP contribution in [-0.2, 0) is 20.7 Å². The third kappa shape index (κ3) is 5.62. The third-order valence-electron chi connectivity index (χ3n) is 4.69. The number of hydrogen-bond acceptors (Lipinski definition) is 4. The molecule has 1 heterocycles. The first-order chi connectivity index (χ1) is 11.6. The Hall–Kier alpha value is -1.91. The van der Waals surface area contributed by atoms with Crippen LogP contribution in [0.5, 0.6) is 0 Å². The Balaban J connectivity index is 1.95. The van der Waals surface area contributed by atoms with E-state index < -0.39 is 6.04 Å². The van der Waals surface area contributed by atoms with Gasteiger partial charge in [-0.05, 0) is 37.0 Å². The van der Waals surface area contributed by atoms with Crippen LogP contribution in [0.3, 0.4) is 0 Å². The third-order valence-corrected chi connectivity index (χ3v) is 4.69. The van der Waals surface area contributed by atoms with Crippen molar-refractivity contribution < 1.29 is 14.3 Å². The molecule has 1 aromatic rings. The van der Waals surface area contributed by atoms with Crippen LogP contribution < -0.4 is 5.32 Å². The maximum absolute atomic E-state index is 12.5. The van der Waals surface area contributed by atoms with Crippen LogP contribution in [0, 0.1) is 11.8 Å². The summed E-state index contributed by atoms with van der Waals surface area (Å²) in [6, 6.07) is 3.05. The fourth-order valence-electron chi connectivity index (χ4n) is 3.36. The molecule has 5 nitrogen and oxygen atoms in total. The smallest absolute Gasteiger partial charge is 0.328 e. The number of carbonyl (C=O) groups is 2. The Kier molecular flexibility index (Phi) is 7.22. The van der Waals surface area contributed by atoms with Gasteiger partial charge in [-0.1, -0.05) is 32.6 Å². The first kappa shape index (κ1) is 18.4. The zero-order valence-electron chi connectivity index (χ0n) is 14.7. The summed E-state index contributed by atoms with van der Waals surface area (Å²) in [4.78, 5) is 28.7. The molecular weight excluding hydrogens is 304 g/mol. The van der Waals surface area contributed by atoms with Crippen LogP contribution in [0.15, 0.2) is 24.5 Å². The molecule has 2 rings (SSSR count). The number of amides is 1. The first-order valence-corrected chi connectivity index (χ1v) is 8.96. The van der Waals surface area contributed by atoms with Crippen molar-refractivity contribution in [2.45, 2.75) is 58.4 Å². The summed E-state index contributed by atoms with van der Waals surface area (Å²) in [5.74, 6) is 0.124. The second-order valence-corrected chi connectivity index (χ2v) is 6.66. The minimum atomic E-state index is -0.647. The molecule has 2 unspecified atom stereocenters. The highest BCUT2D eigenvalue weighted by atomic mass is 16.5. The monoisotopic (exact) mass is 332 g/mol. The minimum Gasteiger partial charge on any atom is -0.464 e. The Morgan fingerprint density at radius 1 is 1.29 bits per heavy atom. The molecule has 0 spiro atoms. The van der Waals surface area contributed by atoms with Gasteiger partial charge in [0.05, 0.1) is 6.61 Å². The Morgan fingerprint density at radius 3 is 2.58 bits per heavy atom. The quantitative estimate of drug-likeness (QED) is 0.743. The van der Waals surface area contributed by atoms with Crippen molar-refractivity contribution in [3.8, 4) is 0 Å². The van der Waals surface area contributed by atoms with Crippen LogP contribution in [-0.4, -0.2) is 29.5 Å². The van der Waals surface area contributed by atoms with E-state index in [1.807, 2.05) is 19.1 Å². The van der Waals surface area contributed by atoms with Crippen molar-refractivity contribution in [1.82, 2.24) is 10.3 Å². The Bertz CT molecular complexity index is 527. The van der Waals surface area contributed by atoms with E-state index in [2.05, 4.69) is 10.3 Å². The van der Waals surface area contributed by atoms with E-state index in [4.69, 9.17) is 4.74 Å². The summed E-state index contributed by atoms with van der Waals surface area (Å²) in [6.45, 7) is 4.02. The number of esters is 1. The van der Waals surface area contributed by atoms with Crippen LogP contribution in [0.2, 0.25) is 0 Å². The van der Waals surface area contributed by atoms with Crippen molar-refractivity contribution >= 4 is 11.9 Å². The predicted molar refractivity (Wildman–Crippen MR) is 92.2 cm³/mol. The zero-order chi connectivity index (χ0) is 17.4. The van der Waals surface area contributed by atoms with Crippen molar-refractivity contribution in [2.75, 3.05) is 6.61 Å². The zero-order valence-corrected chi connectivity index (χ0v) is 14.7. The van der Waals surface area contributed by atoms with Gasteiger partial charge in [-0.3, -0.25) is 9.78 Å². The SMILES string of the molecule is CCOC(=O)C(Cc1ccncc1)NC(=O)C(C)CC1CCCC1. The molecule has 2 atom stereocenters. The molecule has 1 fully saturated rings. The van der Waals surface area contributed by atoms with E-state index in [-0.39, 0.29) is 17.8 Å². The van der Waals surface area contributed by atoms with Crippen LogP contribution >= 0.6 is 0 Å². The largest absolute Gasteiger partial charge is 0.464 e. The van der Waals surface area contributed by atoms with Crippen LogP contribution in [0.25, 0.3) is 0 Å². The molecule has 1 aliphatic carbocycles. The van der Waals surface area contributed by atoms with Crippen molar-refractivity contribution in [2.24, 2.45) is 11.8 Å². The average Bonchev–Trinajstić information content (AvgIpc) is 3.08. The molecule has 1 amide bonds. The summed E-state index contributed by atoms with van der Waals surface area (Å²) in [5.41, 5.74) is 0.951. The Morgan fingerprint density at radius 2 is 1.96 bits per heavy atom. The number of pyridine rings is 1. The number of rotatable bonds is 8. The van der Waals surface area contributed by atoms with Gasteiger partial charge in [0.1, 0.15) is 6.04 Å². The lowest BCUT2D eigenvalue weighted by Crippen LogP contribution is -2.45. The second kappa shape index (κ2) is 9.40. The molecule has 1 saturated carbocycles. The molecule has 0 bridgehead atoms. The lowest BCUT2D eigenvalue weighted by atomic mass is 9.93. The van der Waals surface area contributed by atoms with E-state index in [9.17, 15) is 9.59 Å². The van der Waals surface area contributed by atoms with Crippen molar-refractivity contribution in [1.29, 1.82) is 0 Å². The summed E-state index contributed by atoms with van der Waals surface area (Å²) >= 11 is 0. The van der Waals surface area contributed by atoms with E-state index in [1.54, 1.807) is 19.3 Å². The summed E-state index contributed by atoms with van der Waals surface area (Å²) in [6.07, 6.45) is 9.66. The van der Waals surface area contributed by atoms with E-state index in [0.29, 0.717) is 18.9 Å². The van der Waals surface area contributed by atoms with Crippen molar-refractivity contribution in [3.05, 3.63) is 30.1 Å². The lowest BCUT2D eigenvalue weighted by Gasteiger charge is -2.21. The fraction of sp³-hybridized carbons (Fsp3) is 0.632. The van der Waals surface area contributed by atoms with Crippen LogP contribution in [0.1, 0.15) is 51.5 Å². The Labute approximate surface area is 144 Å². The molecule has 5 heteroatoms. The molecule has 0 aliphatic heterocycles. The number of nitrogens with one attached hydrogen (secondary N) is 1. The number of ether oxygens (including phenoxy) is 1. The lowest BCUT2D eigenvalue weighted by molar-refractivity contribution is -0.147. The molecule has 0 aromatic carbocycles. The highest BCUT2D eigenvalue weighted by Crippen LogP contribution is 2.30. The standard InChI is InChI=1S/C19H28N2O3/c1-3-24-19(23)17(13-16-8-10-20-11-9-16)21-18(22)14(2)12-15-6-4-5-7-15/h8-11,14-15,17H,3-7,12-13H2,1-2H3,(H,21,22). The van der Waals surface area contributed by atoms with E-state index >= 15 is 0 Å². The van der Waals surface area contributed by atoms with Gasteiger partial charge < -0.3 is 10.1 Å². The van der Waals surface area contributed by atoms with Gasteiger partial charge in [-0.2, -0.15) is 0 Å². The normalized spacial score (nSPS) is 17.2. The van der Waals surface area contributed by atoms with E-state index in [1.165, 1.54) is 25.7 Å². The molecular formula is C19H28N2O3. The summed E-state index contributed by atoms with van der Waals surface area (Å²) in [7, 11) is 0. The molecule has 24 heavy (non-hydrogen) atoms. The van der Waals surface area contributed by atoms with Gasteiger partial charge in [0.25, 0.3) is 0 Å². The van der Waals surface area contributed by atoms with Gasteiger partial charge in [0.2, 0.25) is 5.91 Å². The fourth-order valence-corrected chi connectivity index (χ4v) is 3.36. The first-order valence-electron chi connectivity index (χ1n) is 8.96. The summed E-state index contributed by atoms with van der Waals surface area (Å²) < 4.78 is 5.12. The van der Waals surface area contributed by atoms with Gasteiger partial charge in [-0.15, -0.1) is 0 Å². The molecule has 0 saturated heterocycles. The van der Waals surface area contributed by atoms with Gasteiger partial charge >= 0.3 is 5.97 Å². The predicted octanol–water partition coefficient (Wildman–Crippen LogP) is 2.89. The van der Waals surface area contributed by atoms with Crippen molar-refractivity contribution in [3.63, 3.8) is 0 Å². The average molecular weight is 332 g/mol.